The quantitative estimate of drug-likeness (QED) is 0.348. The number of nitrogens with one attached hydrogen (secondary N) is 1. The monoisotopic (exact) mass is 298 g/mol. The highest BCUT2D eigenvalue weighted by atomic mass is 16.5. The average Bonchev–Trinajstić information content (AvgIpc) is 2.48. The van der Waals surface area contributed by atoms with E-state index in [4.69, 9.17) is 21.6 Å². The molecule has 114 valence electrons. The number of esters is 1. The molecule has 0 radical (unpaired) electrons. The van der Waals surface area contributed by atoms with E-state index in [0.717, 1.165) is 0 Å². The minimum Gasteiger partial charge on any atom is -0.462 e. The topological polar surface area (TPSA) is 105 Å². The number of para-hydroxylation sites is 1. The Hall–Kier alpha value is -3.02. The zero-order valence-electron chi connectivity index (χ0n) is 12.2. The van der Waals surface area contributed by atoms with Crippen molar-refractivity contribution in [1.82, 2.24) is 0 Å². The highest BCUT2D eigenvalue weighted by Crippen LogP contribution is 2.30. The van der Waals surface area contributed by atoms with Gasteiger partial charge in [-0.1, -0.05) is 18.2 Å². The number of nitrogens with zero attached hydrogens (tertiary/aromatic N) is 1. The second-order valence-corrected chi connectivity index (χ2v) is 4.55. The van der Waals surface area contributed by atoms with Crippen molar-refractivity contribution < 1.29 is 9.53 Å². The number of carbonyl (C=O) groups excluding carboxylic acids is 1. The van der Waals surface area contributed by atoms with Crippen molar-refractivity contribution in [1.29, 1.82) is 5.41 Å². The van der Waals surface area contributed by atoms with Gasteiger partial charge in [0.2, 0.25) is 0 Å². The van der Waals surface area contributed by atoms with E-state index in [-0.39, 0.29) is 12.6 Å². The van der Waals surface area contributed by atoms with Crippen molar-refractivity contribution >= 4 is 29.0 Å². The summed E-state index contributed by atoms with van der Waals surface area (Å²) in [5, 5.41) is 7.85. The van der Waals surface area contributed by atoms with Gasteiger partial charge in [-0.05, 0) is 37.3 Å². The maximum atomic E-state index is 12.1. The van der Waals surface area contributed by atoms with Crippen molar-refractivity contribution in [2.45, 2.75) is 6.92 Å². The summed E-state index contributed by atoms with van der Waals surface area (Å²) < 4.78 is 5.06. The van der Waals surface area contributed by atoms with Gasteiger partial charge < -0.3 is 16.2 Å². The molecule has 0 bridgehead atoms. The van der Waals surface area contributed by atoms with Crippen LogP contribution in [-0.4, -0.2) is 18.5 Å². The first-order chi connectivity index (χ1) is 10.5. The van der Waals surface area contributed by atoms with Crippen molar-refractivity contribution in [3.05, 3.63) is 54.1 Å². The van der Waals surface area contributed by atoms with Gasteiger partial charge in [0.05, 0.1) is 17.9 Å². The molecular weight excluding hydrogens is 280 g/mol. The van der Waals surface area contributed by atoms with Crippen LogP contribution >= 0.6 is 0 Å². The van der Waals surface area contributed by atoms with E-state index >= 15 is 0 Å². The lowest BCUT2D eigenvalue weighted by Gasteiger charge is -2.25. The highest BCUT2D eigenvalue weighted by Gasteiger charge is 2.21. The third-order valence-corrected chi connectivity index (χ3v) is 3.01. The van der Waals surface area contributed by atoms with E-state index < -0.39 is 5.97 Å². The fourth-order valence-corrected chi connectivity index (χ4v) is 2.10. The maximum Gasteiger partial charge on any atom is 0.340 e. The summed E-state index contributed by atoms with van der Waals surface area (Å²) in [6.07, 6.45) is 0. The van der Waals surface area contributed by atoms with Crippen LogP contribution in [0.15, 0.2) is 48.5 Å². The number of benzene rings is 2. The molecule has 0 saturated heterocycles. The molecule has 0 aliphatic rings. The minimum absolute atomic E-state index is 0.220. The third-order valence-electron chi connectivity index (χ3n) is 3.01. The Bertz CT molecular complexity index is 686. The summed E-state index contributed by atoms with van der Waals surface area (Å²) in [5.74, 6) is -0.706. The van der Waals surface area contributed by atoms with E-state index in [2.05, 4.69) is 0 Å². The number of hydrogen-bond acceptors (Lipinski definition) is 4. The zero-order chi connectivity index (χ0) is 16.1. The van der Waals surface area contributed by atoms with Crippen molar-refractivity contribution in [2.75, 3.05) is 17.2 Å². The third kappa shape index (κ3) is 3.17. The first kappa shape index (κ1) is 15.4. The molecule has 0 atom stereocenters. The molecule has 6 nitrogen and oxygen atoms in total. The summed E-state index contributed by atoms with van der Waals surface area (Å²) in [6.45, 7) is 1.99. The van der Waals surface area contributed by atoms with Crippen molar-refractivity contribution in [3.8, 4) is 0 Å². The summed E-state index contributed by atoms with van der Waals surface area (Å²) in [5.41, 5.74) is 13.4. The van der Waals surface area contributed by atoms with E-state index in [1.165, 1.54) is 4.90 Å². The SMILES string of the molecule is CCOC(=O)c1ccc(N)cc1N(C(=N)N)c1ccccc1. The molecule has 2 rings (SSSR count). The smallest absolute Gasteiger partial charge is 0.340 e. The molecule has 0 aliphatic carbocycles. The van der Waals surface area contributed by atoms with Crippen LogP contribution in [0.5, 0.6) is 0 Å². The van der Waals surface area contributed by atoms with Crippen LogP contribution < -0.4 is 16.4 Å². The average molecular weight is 298 g/mol. The number of anilines is 3. The number of ether oxygens (including phenoxy) is 1. The second-order valence-electron chi connectivity index (χ2n) is 4.55. The molecule has 0 heterocycles. The van der Waals surface area contributed by atoms with Crippen molar-refractivity contribution in [3.63, 3.8) is 0 Å². The van der Waals surface area contributed by atoms with Crippen LogP contribution in [0, 0.1) is 5.41 Å². The fraction of sp³-hybridized carbons (Fsp3) is 0.125. The molecule has 0 aliphatic heterocycles. The summed E-state index contributed by atoms with van der Waals surface area (Å²) >= 11 is 0. The van der Waals surface area contributed by atoms with Gasteiger partial charge in [0.25, 0.3) is 0 Å². The summed E-state index contributed by atoms with van der Waals surface area (Å²) in [6, 6.07) is 13.9. The Kier molecular flexibility index (Phi) is 4.63. The molecule has 5 N–H and O–H groups in total. The first-order valence-electron chi connectivity index (χ1n) is 6.80. The number of carbonyl (C=O) groups is 1. The molecule has 0 unspecified atom stereocenters. The van der Waals surface area contributed by atoms with E-state index in [0.29, 0.717) is 22.6 Å². The Morgan fingerprint density at radius 2 is 1.91 bits per heavy atom. The molecule has 2 aromatic carbocycles. The lowest BCUT2D eigenvalue weighted by Crippen LogP contribution is -2.33. The number of nitrogen functional groups attached to an aromatic ring is 1. The number of rotatable bonds is 4. The van der Waals surface area contributed by atoms with Crippen LogP contribution in [-0.2, 0) is 4.74 Å². The molecule has 0 amide bonds. The molecule has 0 fully saturated rings. The number of hydrogen-bond donors (Lipinski definition) is 3. The fourth-order valence-electron chi connectivity index (χ4n) is 2.10. The molecule has 0 aromatic heterocycles. The predicted octanol–water partition coefficient (Wildman–Crippen LogP) is 2.48. The normalized spacial score (nSPS) is 10.0. The van der Waals surface area contributed by atoms with Gasteiger partial charge in [0, 0.05) is 11.4 Å². The highest BCUT2D eigenvalue weighted by molar-refractivity contribution is 6.07. The minimum atomic E-state index is -0.486. The lowest BCUT2D eigenvalue weighted by atomic mass is 10.1. The molecule has 2 aromatic rings. The van der Waals surface area contributed by atoms with Crippen LogP contribution in [0.1, 0.15) is 17.3 Å². The Labute approximate surface area is 128 Å². The Balaban J connectivity index is 2.59. The molecular formula is C16H18N4O2. The Morgan fingerprint density at radius 3 is 2.50 bits per heavy atom. The standard InChI is InChI=1S/C16H18N4O2/c1-2-22-15(21)13-9-8-11(17)10-14(13)20(16(18)19)12-6-4-3-5-7-12/h3-10H,2,17H2,1H3,(H3,18,19). The van der Waals surface area contributed by atoms with Gasteiger partial charge in [-0.3, -0.25) is 10.3 Å². The van der Waals surface area contributed by atoms with E-state index in [1.807, 2.05) is 18.2 Å². The summed E-state index contributed by atoms with van der Waals surface area (Å²) in [4.78, 5) is 13.6. The van der Waals surface area contributed by atoms with Gasteiger partial charge in [0.1, 0.15) is 0 Å². The lowest BCUT2D eigenvalue weighted by molar-refractivity contribution is 0.0527. The molecule has 0 saturated carbocycles. The van der Waals surface area contributed by atoms with Gasteiger partial charge >= 0.3 is 5.97 Å². The summed E-state index contributed by atoms with van der Waals surface area (Å²) in [7, 11) is 0. The van der Waals surface area contributed by atoms with Crippen molar-refractivity contribution in [2.24, 2.45) is 5.73 Å². The Morgan fingerprint density at radius 1 is 1.23 bits per heavy atom. The van der Waals surface area contributed by atoms with Crippen LogP contribution in [0.4, 0.5) is 17.1 Å². The molecule has 6 heteroatoms. The largest absolute Gasteiger partial charge is 0.462 e. The van der Waals surface area contributed by atoms with Gasteiger partial charge in [-0.2, -0.15) is 0 Å². The van der Waals surface area contributed by atoms with Crippen LogP contribution in [0.25, 0.3) is 0 Å². The predicted molar refractivity (Wildman–Crippen MR) is 87.3 cm³/mol. The number of guanidine groups is 1. The van der Waals surface area contributed by atoms with Gasteiger partial charge in [0.15, 0.2) is 5.96 Å². The van der Waals surface area contributed by atoms with E-state index in [9.17, 15) is 4.79 Å². The van der Waals surface area contributed by atoms with Crippen LogP contribution in [0.2, 0.25) is 0 Å². The number of nitrogens with two attached hydrogens (primary N) is 2. The zero-order valence-corrected chi connectivity index (χ0v) is 12.2. The van der Waals surface area contributed by atoms with E-state index in [1.54, 1.807) is 37.3 Å². The van der Waals surface area contributed by atoms with Gasteiger partial charge in [-0.25, -0.2) is 4.79 Å². The maximum absolute atomic E-state index is 12.1. The molecule has 0 spiro atoms. The molecule has 22 heavy (non-hydrogen) atoms. The first-order valence-corrected chi connectivity index (χ1v) is 6.80. The second kappa shape index (κ2) is 6.62. The van der Waals surface area contributed by atoms with Crippen LogP contribution in [0.3, 0.4) is 0 Å². The van der Waals surface area contributed by atoms with Gasteiger partial charge in [-0.15, -0.1) is 0 Å².